The van der Waals surface area contributed by atoms with Crippen LogP contribution in [0.1, 0.15) is 31.4 Å². The number of carbonyl (C=O) groups excluding carboxylic acids is 1. The molecule has 1 amide bonds. The van der Waals surface area contributed by atoms with Crippen molar-refractivity contribution in [3.8, 4) is 0 Å². The van der Waals surface area contributed by atoms with Gasteiger partial charge in [-0.15, -0.1) is 0 Å². The molecule has 1 aliphatic heterocycles. The summed E-state index contributed by atoms with van der Waals surface area (Å²) in [5.74, 6) is -1.42. The molecule has 0 aliphatic carbocycles. The van der Waals surface area contributed by atoms with Crippen LogP contribution in [-0.2, 0) is 16.0 Å². The number of aromatic amines is 2. The van der Waals surface area contributed by atoms with Gasteiger partial charge >= 0.3 is 11.7 Å². The quantitative estimate of drug-likeness (QED) is 0.691. The van der Waals surface area contributed by atoms with Gasteiger partial charge in [-0.25, -0.2) is 9.59 Å². The summed E-state index contributed by atoms with van der Waals surface area (Å²) in [7, 11) is 0. The molecule has 2 heterocycles. The maximum Gasteiger partial charge on any atom is 0.326 e. The van der Waals surface area contributed by atoms with Crippen LogP contribution in [-0.4, -0.2) is 44.4 Å². The van der Waals surface area contributed by atoms with E-state index in [-0.39, 0.29) is 12.1 Å². The van der Waals surface area contributed by atoms with Crippen LogP contribution in [0.2, 0.25) is 0 Å². The molecule has 3 N–H and O–H groups in total. The zero-order valence-corrected chi connectivity index (χ0v) is 11.4. The minimum absolute atomic E-state index is 0.183. The molecule has 1 aliphatic rings. The molecule has 1 unspecified atom stereocenters. The normalized spacial score (nSPS) is 19.0. The molecule has 1 aromatic heterocycles. The van der Waals surface area contributed by atoms with Crippen molar-refractivity contribution in [1.82, 2.24) is 14.9 Å². The lowest BCUT2D eigenvalue weighted by Gasteiger charge is -2.26. The first-order chi connectivity index (χ1) is 9.97. The van der Waals surface area contributed by atoms with Gasteiger partial charge in [-0.3, -0.25) is 14.6 Å². The van der Waals surface area contributed by atoms with Gasteiger partial charge in [0, 0.05) is 18.3 Å². The fourth-order valence-electron chi connectivity index (χ4n) is 2.54. The number of amides is 1. The summed E-state index contributed by atoms with van der Waals surface area (Å²) in [6, 6.07) is 0.293. The lowest BCUT2D eigenvalue weighted by atomic mass is 10.1. The van der Waals surface area contributed by atoms with E-state index in [2.05, 4.69) is 4.98 Å². The van der Waals surface area contributed by atoms with Crippen molar-refractivity contribution in [2.75, 3.05) is 6.54 Å². The first kappa shape index (κ1) is 15.0. The molecular formula is C13H17N3O5. The summed E-state index contributed by atoms with van der Waals surface area (Å²) in [6.45, 7) is 0.378. The predicted octanol–water partition coefficient (Wildman–Crippen LogP) is -0.538. The Kier molecular flexibility index (Phi) is 4.56. The molecule has 1 fully saturated rings. The molecular weight excluding hydrogens is 278 g/mol. The standard InChI is InChI=1S/C13H17N3O5/c17-10-6-8(14-13(21)15-10)7-11(18)16-5-3-1-2-4-9(16)12(19)20/h6,9H,1-5,7H2,(H,19,20)(H2,14,15,17,21). The summed E-state index contributed by atoms with van der Waals surface area (Å²) in [4.78, 5) is 51.6. The molecule has 8 nitrogen and oxygen atoms in total. The van der Waals surface area contributed by atoms with Crippen LogP contribution in [0, 0.1) is 0 Å². The molecule has 21 heavy (non-hydrogen) atoms. The highest BCUT2D eigenvalue weighted by molar-refractivity contribution is 5.84. The van der Waals surface area contributed by atoms with Crippen LogP contribution in [0.15, 0.2) is 15.7 Å². The predicted molar refractivity (Wildman–Crippen MR) is 73.0 cm³/mol. The number of hydrogen-bond acceptors (Lipinski definition) is 4. The minimum Gasteiger partial charge on any atom is -0.480 e. The van der Waals surface area contributed by atoms with Crippen LogP contribution < -0.4 is 11.2 Å². The van der Waals surface area contributed by atoms with Crippen LogP contribution in [0.3, 0.4) is 0 Å². The van der Waals surface area contributed by atoms with E-state index in [0.29, 0.717) is 13.0 Å². The number of aromatic nitrogens is 2. The Morgan fingerprint density at radius 3 is 2.67 bits per heavy atom. The molecule has 0 saturated carbocycles. The maximum absolute atomic E-state index is 12.3. The van der Waals surface area contributed by atoms with Crippen LogP contribution in [0.4, 0.5) is 0 Å². The van der Waals surface area contributed by atoms with Crippen LogP contribution >= 0.6 is 0 Å². The monoisotopic (exact) mass is 295 g/mol. The van der Waals surface area contributed by atoms with Gasteiger partial charge in [0.25, 0.3) is 5.56 Å². The fourth-order valence-corrected chi connectivity index (χ4v) is 2.54. The molecule has 0 aromatic carbocycles. The Balaban J connectivity index is 2.18. The van der Waals surface area contributed by atoms with Gasteiger partial charge in [0.2, 0.25) is 5.91 Å². The van der Waals surface area contributed by atoms with E-state index in [1.807, 2.05) is 4.98 Å². The zero-order valence-electron chi connectivity index (χ0n) is 11.4. The number of rotatable bonds is 3. The maximum atomic E-state index is 12.3. The topological polar surface area (TPSA) is 123 Å². The number of nitrogens with one attached hydrogen (secondary N) is 2. The lowest BCUT2D eigenvalue weighted by Crippen LogP contribution is -2.45. The van der Waals surface area contributed by atoms with Crippen molar-refractivity contribution in [3.05, 3.63) is 32.6 Å². The van der Waals surface area contributed by atoms with Gasteiger partial charge in [-0.05, 0) is 12.8 Å². The van der Waals surface area contributed by atoms with Crippen molar-refractivity contribution >= 4 is 11.9 Å². The van der Waals surface area contributed by atoms with Gasteiger partial charge in [0.15, 0.2) is 0 Å². The SMILES string of the molecule is O=C(O)C1CCCCCN1C(=O)Cc1cc(=O)[nH]c(=O)[nH]1. The van der Waals surface area contributed by atoms with Crippen molar-refractivity contribution in [2.45, 2.75) is 38.1 Å². The Labute approximate surface area is 119 Å². The highest BCUT2D eigenvalue weighted by Gasteiger charge is 2.30. The second kappa shape index (κ2) is 6.38. The largest absolute Gasteiger partial charge is 0.480 e. The third-order valence-corrected chi connectivity index (χ3v) is 3.52. The summed E-state index contributed by atoms with van der Waals surface area (Å²) >= 11 is 0. The smallest absolute Gasteiger partial charge is 0.326 e. The van der Waals surface area contributed by atoms with E-state index in [4.69, 9.17) is 0 Å². The van der Waals surface area contributed by atoms with Gasteiger partial charge in [-0.2, -0.15) is 0 Å². The van der Waals surface area contributed by atoms with Crippen LogP contribution in [0.5, 0.6) is 0 Å². The number of likely N-dealkylation sites (tertiary alicyclic amines) is 1. The molecule has 1 atom stereocenters. The van der Waals surface area contributed by atoms with Gasteiger partial charge in [0.05, 0.1) is 6.42 Å². The molecule has 114 valence electrons. The summed E-state index contributed by atoms with van der Waals surface area (Å²) in [6.07, 6.45) is 2.63. The number of carbonyl (C=O) groups is 2. The average Bonchev–Trinajstić information content (AvgIpc) is 2.62. The molecule has 8 heteroatoms. The molecule has 1 saturated heterocycles. The third-order valence-electron chi connectivity index (χ3n) is 3.52. The van der Waals surface area contributed by atoms with Gasteiger partial charge in [-0.1, -0.05) is 12.8 Å². The molecule has 1 aromatic rings. The minimum atomic E-state index is -1.02. The van der Waals surface area contributed by atoms with E-state index in [0.717, 1.165) is 25.3 Å². The van der Waals surface area contributed by atoms with Gasteiger partial charge < -0.3 is 15.0 Å². The number of carboxylic acids is 1. The molecule has 0 bridgehead atoms. The summed E-state index contributed by atoms with van der Waals surface area (Å²) in [5, 5.41) is 9.23. The highest BCUT2D eigenvalue weighted by Crippen LogP contribution is 2.18. The second-order valence-electron chi connectivity index (χ2n) is 5.08. The number of aliphatic carboxylic acids is 1. The van der Waals surface area contributed by atoms with Crippen molar-refractivity contribution < 1.29 is 14.7 Å². The van der Waals surface area contributed by atoms with Gasteiger partial charge in [0.1, 0.15) is 6.04 Å². The highest BCUT2D eigenvalue weighted by atomic mass is 16.4. The number of carboxylic acid groups (broad SMARTS) is 1. The Morgan fingerprint density at radius 2 is 2.00 bits per heavy atom. The lowest BCUT2D eigenvalue weighted by molar-refractivity contribution is -0.150. The van der Waals surface area contributed by atoms with E-state index in [9.17, 15) is 24.3 Å². The van der Waals surface area contributed by atoms with Crippen molar-refractivity contribution in [2.24, 2.45) is 0 Å². The average molecular weight is 295 g/mol. The van der Waals surface area contributed by atoms with Crippen LogP contribution in [0.25, 0.3) is 0 Å². The van der Waals surface area contributed by atoms with E-state index < -0.39 is 29.2 Å². The summed E-state index contributed by atoms with van der Waals surface area (Å²) < 4.78 is 0. The zero-order chi connectivity index (χ0) is 15.4. The van der Waals surface area contributed by atoms with E-state index >= 15 is 0 Å². The molecule has 0 spiro atoms. The van der Waals surface area contributed by atoms with Crippen molar-refractivity contribution in [1.29, 1.82) is 0 Å². The number of nitrogens with zero attached hydrogens (tertiary/aromatic N) is 1. The number of H-pyrrole nitrogens is 2. The Bertz CT molecular complexity index is 619. The Morgan fingerprint density at radius 1 is 1.24 bits per heavy atom. The second-order valence-corrected chi connectivity index (χ2v) is 5.08. The number of hydrogen-bond donors (Lipinski definition) is 3. The summed E-state index contributed by atoms with van der Waals surface area (Å²) in [5.41, 5.74) is -1.09. The first-order valence-electron chi connectivity index (χ1n) is 6.82. The third kappa shape index (κ3) is 3.80. The fraction of sp³-hybridized carbons (Fsp3) is 0.538. The van der Waals surface area contributed by atoms with Crippen molar-refractivity contribution in [3.63, 3.8) is 0 Å². The Hall–Kier alpha value is -2.38. The van der Waals surface area contributed by atoms with E-state index in [1.165, 1.54) is 4.90 Å². The van der Waals surface area contributed by atoms with E-state index in [1.54, 1.807) is 0 Å². The molecule has 2 rings (SSSR count). The first-order valence-corrected chi connectivity index (χ1v) is 6.82. The molecule has 0 radical (unpaired) electrons.